The Balaban J connectivity index is 1.98. The Morgan fingerprint density at radius 3 is 2.18 bits per heavy atom. The molecule has 0 spiro atoms. The van der Waals surface area contributed by atoms with Crippen LogP contribution in [0.1, 0.15) is 10.4 Å². The SMILES string of the molecule is O=C(COc1ccc(Cl)cc1Br)NNC(=O)c1cc([N+](=O)[O-])cc([N+](=O)[O-])c1. The fraction of sp³-hybridized carbons (Fsp3) is 0.0667. The molecule has 0 fully saturated rings. The zero-order valence-corrected chi connectivity index (χ0v) is 16.0. The molecule has 0 bridgehead atoms. The van der Waals surface area contributed by atoms with E-state index in [9.17, 15) is 29.8 Å². The van der Waals surface area contributed by atoms with Crippen LogP contribution in [0.3, 0.4) is 0 Å². The molecule has 0 aromatic heterocycles. The topological polar surface area (TPSA) is 154 Å². The highest BCUT2D eigenvalue weighted by atomic mass is 79.9. The summed E-state index contributed by atoms with van der Waals surface area (Å²) < 4.78 is 5.76. The van der Waals surface area contributed by atoms with Crippen molar-refractivity contribution in [1.82, 2.24) is 10.9 Å². The number of carbonyl (C=O) groups is 2. The van der Waals surface area contributed by atoms with Gasteiger partial charge in [-0.1, -0.05) is 11.6 Å². The van der Waals surface area contributed by atoms with Crippen molar-refractivity contribution in [3.8, 4) is 5.75 Å². The van der Waals surface area contributed by atoms with E-state index in [-0.39, 0.29) is 5.56 Å². The van der Waals surface area contributed by atoms with E-state index in [1.807, 2.05) is 10.9 Å². The normalized spacial score (nSPS) is 10.1. The number of nitrogens with zero attached hydrogens (tertiary/aromatic N) is 2. The van der Waals surface area contributed by atoms with Crippen molar-refractivity contribution in [3.63, 3.8) is 0 Å². The van der Waals surface area contributed by atoms with Crippen LogP contribution >= 0.6 is 27.5 Å². The molecule has 2 aromatic carbocycles. The number of nitro groups is 2. The number of ether oxygens (including phenoxy) is 1. The molecule has 0 aliphatic rings. The summed E-state index contributed by atoms with van der Waals surface area (Å²) in [6, 6.07) is 7.04. The number of non-ortho nitro benzene ring substituents is 2. The van der Waals surface area contributed by atoms with E-state index in [1.165, 1.54) is 6.07 Å². The van der Waals surface area contributed by atoms with Gasteiger partial charge in [0.1, 0.15) is 5.75 Å². The molecule has 0 heterocycles. The molecule has 11 nitrogen and oxygen atoms in total. The van der Waals surface area contributed by atoms with Crippen LogP contribution < -0.4 is 15.6 Å². The standard InChI is InChI=1S/C15H10BrClN4O7/c16-12-5-9(17)1-2-13(12)28-7-14(22)18-19-15(23)8-3-10(20(24)25)6-11(4-8)21(26)27/h1-6H,7H2,(H,18,22)(H,19,23). The molecule has 2 amide bonds. The Labute approximate surface area is 170 Å². The van der Waals surface area contributed by atoms with Crippen LogP contribution in [0, 0.1) is 20.2 Å². The van der Waals surface area contributed by atoms with Crippen molar-refractivity contribution in [2.45, 2.75) is 0 Å². The Morgan fingerprint density at radius 1 is 1.04 bits per heavy atom. The molecule has 0 saturated carbocycles. The molecular weight excluding hydrogens is 464 g/mol. The first-order valence-electron chi connectivity index (χ1n) is 7.28. The quantitative estimate of drug-likeness (QED) is 0.483. The summed E-state index contributed by atoms with van der Waals surface area (Å²) in [7, 11) is 0. The van der Waals surface area contributed by atoms with Crippen molar-refractivity contribution >= 4 is 50.7 Å². The second-order valence-electron chi connectivity index (χ2n) is 5.12. The van der Waals surface area contributed by atoms with Gasteiger partial charge in [-0.25, -0.2) is 0 Å². The Kier molecular flexibility index (Phi) is 6.84. The van der Waals surface area contributed by atoms with Crippen molar-refractivity contribution < 1.29 is 24.2 Å². The smallest absolute Gasteiger partial charge is 0.277 e. The van der Waals surface area contributed by atoms with E-state index in [4.69, 9.17) is 16.3 Å². The lowest BCUT2D eigenvalue weighted by Crippen LogP contribution is -2.43. The summed E-state index contributed by atoms with van der Waals surface area (Å²) in [5.74, 6) is -1.39. The third-order valence-corrected chi connectivity index (χ3v) is 4.01. The first-order chi connectivity index (χ1) is 13.2. The number of nitrogens with one attached hydrogen (secondary N) is 2. The lowest BCUT2D eigenvalue weighted by molar-refractivity contribution is -0.394. The molecule has 2 rings (SSSR count). The predicted octanol–water partition coefficient (Wildman–Crippen LogP) is 2.76. The lowest BCUT2D eigenvalue weighted by atomic mass is 10.1. The van der Waals surface area contributed by atoms with Gasteiger partial charge in [0.2, 0.25) is 0 Å². The Morgan fingerprint density at radius 2 is 1.64 bits per heavy atom. The largest absolute Gasteiger partial charge is 0.483 e. The molecule has 0 aliphatic carbocycles. The van der Waals surface area contributed by atoms with Crippen LogP contribution in [-0.4, -0.2) is 28.3 Å². The average molecular weight is 474 g/mol. The van der Waals surface area contributed by atoms with Gasteiger partial charge >= 0.3 is 0 Å². The van der Waals surface area contributed by atoms with Crippen LogP contribution in [0.5, 0.6) is 5.75 Å². The molecule has 0 radical (unpaired) electrons. The first kappa shape index (κ1) is 21.1. The minimum Gasteiger partial charge on any atom is -0.483 e. The number of rotatable bonds is 6. The van der Waals surface area contributed by atoms with Gasteiger partial charge in [0, 0.05) is 17.2 Å². The number of halogens is 2. The van der Waals surface area contributed by atoms with E-state index in [0.29, 0.717) is 21.3 Å². The number of benzene rings is 2. The fourth-order valence-corrected chi connectivity index (χ4v) is 2.70. The predicted molar refractivity (Wildman–Crippen MR) is 100 cm³/mol. The highest BCUT2D eigenvalue weighted by molar-refractivity contribution is 9.10. The summed E-state index contributed by atoms with van der Waals surface area (Å²) in [6.45, 7) is -0.463. The molecule has 28 heavy (non-hydrogen) atoms. The minimum absolute atomic E-state index is 0.334. The van der Waals surface area contributed by atoms with Gasteiger partial charge in [-0.05, 0) is 34.1 Å². The molecule has 2 aromatic rings. The van der Waals surface area contributed by atoms with Gasteiger partial charge in [0.15, 0.2) is 6.61 Å². The number of hydrazine groups is 1. The molecule has 0 aliphatic heterocycles. The van der Waals surface area contributed by atoms with Crippen LogP contribution in [0.25, 0.3) is 0 Å². The number of hydrogen-bond acceptors (Lipinski definition) is 7. The van der Waals surface area contributed by atoms with E-state index in [1.54, 1.807) is 12.1 Å². The third kappa shape index (κ3) is 5.62. The Bertz CT molecular complexity index is 937. The van der Waals surface area contributed by atoms with E-state index >= 15 is 0 Å². The maximum atomic E-state index is 12.0. The van der Waals surface area contributed by atoms with Gasteiger partial charge in [-0.15, -0.1) is 0 Å². The van der Waals surface area contributed by atoms with Crippen molar-refractivity contribution in [2.75, 3.05) is 6.61 Å². The van der Waals surface area contributed by atoms with Crippen molar-refractivity contribution in [1.29, 1.82) is 0 Å². The van der Waals surface area contributed by atoms with Gasteiger partial charge in [0.25, 0.3) is 23.2 Å². The average Bonchev–Trinajstić information content (AvgIpc) is 2.64. The highest BCUT2D eigenvalue weighted by Gasteiger charge is 2.20. The van der Waals surface area contributed by atoms with Crippen molar-refractivity contribution in [2.24, 2.45) is 0 Å². The number of amides is 2. The number of nitro benzene ring substituents is 2. The first-order valence-corrected chi connectivity index (χ1v) is 8.45. The third-order valence-electron chi connectivity index (χ3n) is 3.15. The fourth-order valence-electron chi connectivity index (χ4n) is 1.91. The lowest BCUT2D eigenvalue weighted by Gasteiger charge is -2.10. The van der Waals surface area contributed by atoms with Crippen molar-refractivity contribution in [3.05, 3.63) is 71.7 Å². The summed E-state index contributed by atoms with van der Waals surface area (Å²) in [6.07, 6.45) is 0. The highest BCUT2D eigenvalue weighted by Crippen LogP contribution is 2.27. The molecular formula is C15H10BrClN4O7. The Hall–Kier alpha value is -3.25. The van der Waals surface area contributed by atoms with Crippen LogP contribution in [0.4, 0.5) is 11.4 Å². The molecule has 146 valence electrons. The van der Waals surface area contributed by atoms with Gasteiger partial charge in [-0.3, -0.25) is 40.7 Å². The summed E-state index contributed by atoms with van der Waals surface area (Å²) in [5.41, 5.74) is 2.38. The van der Waals surface area contributed by atoms with E-state index in [2.05, 4.69) is 15.9 Å². The molecule has 0 saturated heterocycles. The molecule has 0 unspecified atom stereocenters. The van der Waals surface area contributed by atoms with Crippen LogP contribution in [-0.2, 0) is 4.79 Å². The van der Waals surface area contributed by atoms with Gasteiger partial charge in [-0.2, -0.15) is 0 Å². The van der Waals surface area contributed by atoms with E-state index < -0.39 is 39.6 Å². The monoisotopic (exact) mass is 472 g/mol. The molecule has 0 atom stereocenters. The maximum absolute atomic E-state index is 12.0. The number of carbonyl (C=O) groups excluding carboxylic acids is 2. The van der Waals surface area contributed by atoms with Gasteiger partial charge < -0.3 is 4.74 Å². The summed E-state index contributed by atoms with van der Waals surface area (Å²) in [5, 5.41) is 22.1. The minimum atomic E-state index is -0.979. The number of hydrogen-bond donors (Lipinski definition) is 2. The van der Waals surface area contributed by atoms with Gasteiger partial charge in [0.05, 0.1) is 25.9 Å². The zero-order valence-electron chi connectivity index (χ0n) is 13.7. The van der Waals surface area contributed by atoms with Crippen LogP contribution in [0.2, 0.25) is 5.02 Å². The van der Waals surface area contributed by atoms with E-state index in [0.717, 1.165) is 12.1 Å². The second kappa shape index (κ2) is 9.10. The van der Waals surface area contributed by atoms with Crippen LogP contribution in [0.15, 0.2) is 40.9 Å². The summed E-state index contributed by atoms with van der Waals surface area (Å²) >= 11 is 8.99. The summed E-state index contributed by atoms with van der Waals surface area (Å²) in [4.78, 5) is 43.7. The second-order valence-corrected chi connectivity index (χ2v) is 6.41. The molecule has 13 heteroatoms. The zero-order chi connectivity index (χ0) is 20.8. The molecule has 2 N–H and O–H groups in total. The maximum Gasteiger partial charge on any atom is 0.277 e.